The number of aliphatic hydroxyl groups is 1. The van der Waals surface area contributed by atoms with Crippen LogP contribution in [0.5, 0.6) is 17.2 Å². The number of hydrogen-bond acceptors (Lipinski definition) is 5. The molecule has 0 spiro atoms. The highest BCUT2D eigenvalue weighted by atomic mass is 79.9. The Morgan fingerprint density at radius 2 is 1.77 bits per heavy atom. The lowest BCUT2D eigenvalue weighted by Gasteiger charge is -2.09. The lowest BCUT2D eigenvalue weighted by atomic mass is 10.1. The summed E-state index contributed by atoms with van der Waals surface area (Å²) in [5.41, 5.74) is 3.15. The van der Waals surface area contributed by atoms with Gasteiger partial charge in [0.1, 0.15) is 5.75 Å². The van der Waals surface area contributed by atoms with Crippen LogP contribution in [0.15, 0.2) is 46.9 Å². The van der Waals surface area contributed by atoms with E-state index in [0.29, 0.717) is 29.1 Å². The Morgan fingerprint density at radius 1 is 1.04 bits per heavy atom. The van der Waals surface area contributed by atoms with Gasteiger partial charge in [0.25, 0.3) is 0 Å². The third-order valence-electron chi connectivity index (χ3n) is 3.89. The van der Waals surface area contributed by atoms with E-state index < -0.39 is 0 Å². The first-order valence-electron chi connectivity index (χ1n) is 8.17. The average molecular weight is 419 g/mol. The van der Waals surface area contributed by atoms with E-state index >= 15 is 0 Å². The second-order valence-corrected chi connectivity index (χ2v) is 6.50. The number of halogens is 1. The summed E-state index contributed by atoms with van der Waals surface area (Å²) >= 11 is 3.31. The zero-order valence-electron chi connectivity index (χ0n) is 14.2. The van der Waals surface area contributed by atoms with Gasteiger partial charge >= 0.3 is 0 Å². The molecule has 0 bridgehead atoms. The lowest BCUT2D eigenvalue weighted by Crippen LogP contribution is -2.06. The highest BCUT2D eigenvalue weighted by Crippen LogP contribution is 2.35. The molecule has 1 aromatic heterocycles. The van der Waals surface area contributed by atoms with Gasteiger partial charge in [0, 0.05) is 11.1 Å². The van der Waals surface area contributed by atoms with Crippen molar-refractivity contribution >= 4 is 15.9 Å². The van der Waals surface area contributed by atoms with E-state index in [1.165, 1.54) is 0 Å². The molecule has 0 aliphatic rings. The number of phenols is 2. The first-order chi connectivity index (χ1) is 12.5. The van der Waals surface area contributed by atoms with Crippen molar-refractivity contribution in [3.05, 3.63) is 46.9 Å². The summed E-state index contributed by atoms with van der Waals surface area (Å²) < 4.78 is 7.74. The van der Waals surface area contributed by atoms with Crippen molar-refractivity contribution in [1.29, 1.82) is 0 Å². The zero-order chi connectivity index (χ0) is 18.7. The Balaban J connectivity index is 2.08. The maximum Gasteiger partial charge on any atom is 0.161 e. The largest absolute Gasteiger partial charge is 0.507 e. The summed E-state index contributed by atoms with van der Waals surface area (Å²) in [5, 5.41) is 33.5. The maximum atomic E-state index is 9.91. The summed E-state index contributed by atoms with van der Waals surface area (Å²) in [6, 6.07) is 12.2. The fraction of sp³-hybridized carbons (Fsp3) is 0.211. The minimum absolute atomic E-state index is 0.0518. The molecule has 3 rings (SSSR count). The molecule has 0 aliphatic carbocycles. The number of aromatic hydroxyl groups is 2. The van der Waals surface area contributed by atoms with Crippen LogP contribution in [0.4, 0.5) is 0 Å². The molecule has 1 heterocycles. The molecule has 136 valence electrons. The first kappa shape index (κ1) is 18.3. The predicted molar refractivity (Wildman–Crippen MR) is 102 cm³/mol. The molecule has 3 N–H and O–H groups in total. The molecule has 6 nitrogen and oxygen atoms in total. The van der Waals surface area contributed by atoms with Crippen molar-refractivity contribution in [2.45, 2.75) is 13.5 Å². The number of phenolic OH excluding ortho intramolecular Hbond substituents is 2. The standard InChI is InChI=1S/C19H19BrN2O4/c1-2-26-19-10-13(4-6-18(19)25)16-11-15(21-22(16)7-8-23)12-3-5-17(24)14(20)9-12/h3-6,9-11,23-25H,2,7-8H2,1H3. The van der Waals surface area contributed by atoms with Crippen LogP contribution < -0.4 is 4.74 Å². The van der Waals surface area contributed by atoms with E-state index in [-0.39, 0.29) is 18.1 Å². The van der Waals surface area contributed by atoms with Crippen molar-refractivity contribution in [3.8, 4) is 39.8 Å². The van der Waals surface area contributed by atoms with Gasteiger partial charge in [-0.25, -0.2) is 0 Å². The van der Waals surface area contributed by atoms with Gasteiger partial charge in [-0.05, 0) is 65.3 Å². The monoisotopic (exact) mass is 418 g/mol. The highest BCUT2D eigenvalue weighted by molar-refractivity contribution is 9.10. The van der Waals surface area contributed by atoms with Crippen molar-refractivity contribution in [1.82, 2.24) is 9.78 Å². The van der Waals surface area contributed by atoms with Gasteiger partial charge in [-0.2, -0.15) is 5.10 Å². The Labute approximate surface area is 159 Å². The zero-order valence-corrected chi connectivity index (χ0v) is 15.8. The predicted octanol–water partition coefficient (Wildman–Crippen LogP) is 3.78. The van der Waals surface area contributed by atoms with E-state index in [9.17, 15) is 15.3 Å². The first-order valence-corrected chi connectivity index (χ1v) is 8.96. The van der Waals surface area contributed by atoms with Crippen molar-refractivity contribution in [3.63, 3.8) is 0 Å². The molecule has 0 unspecified atom stereocenters. The Bertz CT molecular complexity index is 924. The number of aromatic nitrogens is 2. The van der Waals surface area contributed by atoms with Gasteiger partial charge in [-0.1, -0.05) is 0 Å². The van der Waals surface area contributed by atoms with Gasteiger partial charge < -0.3 is 20.1 Å². The minimum Gasteiger partial charge on any atom is -0.507 e. The topological polar surface area (TPSA) is 87.7 Å². The summed E-state index contributed by atoms with van der Waals surface area (Å²) in [5.74, 6) is 0.630. The normalized spacial score (nSPS) is 10.9. The molecule has 0 fully saturated rings. The van der Waals surface area contributed by atoms with Crippen LogP contribution in [0.2, 0.25) is 0 Å². The number of rotatable bonds is 6. The highest BCUT2D eigenvalue weighted by Gasteiger charge is 2.14. The van der Waals surface area contributed by atoms with Crippen LogP contribution in [0.25, 0.3) is 22.5 Å². The molecule has 0 aliphatic heterocycles. The summed E-state index contributed by atoms with van der Waals surface area (Å²) in [4.78, 5) is 0. The molecule has 26 heavy (non-hydrogen) atoms. The van der Waals surface area contributed by atoms with Crippen LogP contribution >= 0.6 is 15.9 Å². The van der Waals surface area contributed by atoms with Gasteiger partial charge in [0.05, 0.1) is 35.6 Å². The van der Waals surface area contributed by atoms with Gasteiger partial charge in [0.2, 0.25) is 0 Å². The second-order valence-electron chi connectivity index (χ2n) is 5.64. The molecule has 2 aromatic carbocycles. The maximum absolute atomic E-state index is 9.91. The van der Waals surface area contributed by atoms with Crippen molar-refractivity contribution in [2.24, 2.45) is 0 Å². The fourth-order valence-electron chi connectivity index (χ4n) is 2.67. The summed E-state index contributed by atoms with van der Waals surface area (Å²) in [6.45, 7) is 2.58. The number of aliphatic hydroxyl groups excluding tert-OH is 1. The van der Waals surface area contributed by atoms with Crippen LogP contribution in [0, 0.1) is 0 Å². The van der Waals surface area contributed by atoms with Crippen LogP contribution in [0.1, 0.15) is 6.92 Å². The van der Waals surface area contributed by atoms with E-state index in [1.54, 1.807) is 41.1 Å². The third kappa shape index (κ3) is 3.68. The summed E-state index contributed by atoms with van der Waals surface area (Å²) in [6.07, 6.45) is 0. The third-order valence-corrected chi connectivity index (χ3v) is 4.53. The second kappa shape index (κ2) is 7.80. The minimum atomic E-state index is -0.0518. The SMILES string of the molecule is CCOc1cc(-c2cc(-c3ccc(O)c(Br)c3)nn2CCO)ccc1O. The molecule has 0 saturated heterocycles. The molecule has 0 radical (unpaired) electrons. The van der Waals surface area contributed by atoms with Gasteiger partial charge in [-0.3, -0.25) is 4.68 Å². The molecule has 7 heteroatoms. The van der Waals surface area contributed by atoms with Crippen molar-refractivity contribution in [2.75, 3.05) is 13.2 Å². The van der Waals surface area contributed by atoms with Crippen LogP contribution in [-0.4, -0.2) is 38.3 Å². The average Bonchev–Trinajstić information content (AvgIpc) is 3.04. The van der Waals surface area contributed by atoms with E-state index in [4.69, 9.17) is 4.74 Å². The smallest absolute Gasteiger partial charge is 0.161 e. The molecule has 3 aromatic rings. The number of hydrogen-bond donors (Lipinski definition) is 3. The van der Waals surface area contributed by atoms with E-state index in [1.807, 2.05) is 13.0 Å². The van der Waals surface area contributed by atoms with Gasteiger partial charge in [0.15, 0.2) is 11.5 Å². The van der Waals surface area contributed by atoms with E-state index in [0.717, 1.165) is 16.8 Å². The van der Waals surface area contributed by atoms with Crippen LogP contribution in [-0.2, 0) is 6.54 Å². The Kier molecular flexibility index (Phi) is 5.49. The molecule has 0 atom stereocenters. The molecular weight excluding hydrogens is 400 g/mol. The molecular formula is C19H19BrN2O4. The number of ether oxygens (including phenoxy) is 1. The Hall–Kier alpha value is -2.51. The molecule has 0 amide bonds. The Morgan fingerprint density at radius 3 is 2.46 bits per heavy atom. The summed E-state index contributed by atoms with van der Waals surface area (Å²) in [7, 11) is 0. The van der Waals surface area contributed by atoms with Gasteiger partial charge in [-0.15, -0.1) is 0 Å². The lowest BCUT2D eigenvalue weighted by molar-refractivity contribution is 0.270. The number of nitrogens with zero attached hydrogens (tertiary/aromatic N) is 2. The van der Waals surface area contributed by atoms with Crippen molar-refractivity contribution < 1.29 is 20.1 Å². The quantitative estimate of drug-likeness (QED) is 0.566. The number of benzene rings is 2. The molecule has 0 saturated carbocycles. The van der Waals surface area contributed by atoms with E-state index in [2.05, 4.69) is 21.0 Å². The fourth-order valence-corrected chi connectivity index (χ4v) is 3.04. The van der Waals surface area contributed by atoms with Crippen LogP contribution in [0.3, 0.4) is 0 Å².